The van der Waals surface area contributed by atoms with Gasteiger partial charge in [-0.15, -0.1) is 0 Å². The zero-order valence-corrected chi connectivity index (χ0v) is 8.63. The van der Waals surface area contributed by atoms with E-state index in [0.29, 0.717) is 12.6 Å². The largest absolute Gasteiger partial charge is 0.396 e. The quantitative estimate of drug-likeness (QED) is 0.612. The fourth-order valence-electron chi connectivity index (χ4n) is 1.84. The molecule has 0 aliphatic carbocycles. The molecule has 1 atom stereocenters. The van der Waals surface area contributed by atoms with Crippen molar-refractivity contribution in [2.24, 2.45) is 0 Å². The first kappa shape index (κ1) is 11.0. The first-order valence-corrected chi connectivity index (χ1v) is 5.39. The summed E-state index contributed by atoms with van der Waals surface area (Å²) in [5.41, 5.74) is 0. The molecule has 0 aromatic carbocycles. The third-order valence-corrected chi connectivity index (χ3v) is 2.59. The van der Waals surface area contributed by atoms with Crippen molar-refractivity contribution >= 4 is 0 Å². The number of hydrogen-bond donors (Lipinski definition) is 2. The highest BCUT2D eigenvalue weighted by Crippen LogP contribution is 2.02. The van der Waals surface area contributed by atoms with E-state index in [0.717, 1.165) is 19.4 Å². The van der Waals surface area contributed by atoms with E-state index in [1.54, 1.807) is 0 Å². The summed E-state index contributed by atoms with van der Waals surface area (Å²) in [5.74, 6) is 0. The van der Waals surface area contributed by atoms with E-state index in [1.165, 1.54) is 26.1 Å². The number of nitrogens with zero attached hydrogens (tertiary/aromatic N) is 1. The molecule has 1 saturated heterocycles. The second-order valence-electron chi connectivity index (χ2n) is 3.94. The van der Waals surface area contributed by atoms with E-state index in [4.69, 9.17) is 5.11 Å². The van der Waals surface area contributed by atoms with Gasteiger partial charge in [0, 0.05) is 32.3 Å². The summed E-state index contributed by atoms with van der Waals surface area (Å²) in [4.78, 5) is 2.51. The molecule has 1 aliphatic rings. The van der Waals surface area contributed by atoms with E-state index in [1.807, 2.05) is 0 Å². The number of unbranched alkanes of at least 4 members (excludes halogenated alkanes) is 2. The van der Waals surface area contributed by atoms with Gasteiger partial charge in [0.2, 0.25) is 0 Å². The van der Waals surface area contributed by atoms with Gasteiger partial charge >= 0.3 is 0 Å². The molecular formula is C10H22N2O. The second kappa shape index (κ2) is 6.35. The highest BCUT2D eigenvalue weighted by atomic mass is 16.2. The van der Waals surface area contributed by atoms with Crippen LogP contribution in [0.25, 0.3) is 0 Å². The van der Waals surface area contributed by atoms with Crippen molar-refractivity contribution in [2.75, 3.05) is 32.8 Å². The van der Waals surface area contributed by atoms with Crippen molar-refractivity contribution in [1.29, 1.82) is 0 Å². The molecule has 1 fully saturated rings. The summed E-state index contributed by atoms with van der Waals surface area (Å²) < 4.78 is 0. The number of aliphatic hydroxyl groups is 1. The van der Waals surface area contributed by atoms with Gasteiger partial charge in [0.15, 0.2) is 0 Å². The van der Waals surface area contributed by atoms with Crippen molar-refractivity contribution in [3.8, 4) is 0 Å². The zero-order valence-electron chi connectivity index (χ0n) is 8.63. The molecule has 1 heterocycles. The lowest BCUT2D eigenvalue weighted by molar-refractivity contribution is 0.200. The molecule has 3 nitrogen and oxygen atoms in total. The third-order valence-electron chi connectivity index (χ3n) is 2.59. The van der Waals surface area contributed by atoms with Crippen molar-refractivity contribution in [1.82, 2.24) is 10.2 Å². The second-order valence-corrected chi connectivity index (χ2v) is 3.94. The Labute approximate surface area is 81.1 Å². The van der Waals surface area contributed by atoms with Crippen LogP contribution in [0.2, 0.25) is 0 Å². The number of hydrogen-bond acceptors (Lipinski definition) is 3. The van der Waals surface area contributed by atoms with Gasteiger partial charge in [0.25, 0.3) is 0 Å². The van der Waals surface area contributed by atoms with E-state index >= 15 is 0 Å². The number of aliphatic hydroxyl groups excluding tert-OH is 1. The van der Waals surface area contributed by atoms with Gasteiger partial charge in [-0.05, 0) is 32.7 Å². The van der Waals surface area contributed by atoms with E-state index < -0.39 is 0 Å². The van der Waals surface area contributed by atoms with Crippen molar-refractivity contribution in [3.05, 3.63) is 0 Å². The Hall–Kier alpha value is -0.120. The van der Waals surface area contributed by atoms with Crippen LogP contribution in [0.4, 0.5) is 0 Å². The van der Waals surface area contributed by atoms with Crippen LogP contribution < -0.4 is 5.32 Å². The van der Waals surface area contributed by atoms with Crippen LogP contribution >= 0.6 is 0 Å². The molecule has 13 heavy (non-hydrogen) atoms. The molecule has 3 heteroatoms. The average Bonchev–Trinajstić information content (AvgIpc) is 2.13. The zero-order chi connectivity index (χ0) is 9.52. The molecule has 0 radical (unpaired) electrons. The minimum Gasteiger partial charge on any atom is -0.396 e. The Bertz CT molecular complexity index is 130. The normalized spacial score (nSPS) is 24.9. The van der Waals surface area contributed by atoms with E-state index in [2.05, 4.69) is 17.1 Å². The van der Waals surface area contributed by atoms with Crippen LogP contribution in [0, 0.1) is 0 Å². The van der Waals surface area contributed by atoms with Crippen LogP contribution in [-0.4, -0.2) is 48.8 Å². The molecule has 0 bridgehead atoms. The van der Waals surface area contributed by atoms with Crippen LogP contribution in [0.15, 0.2) is 0 Å². The standard InChI is InChI=1S/C10H22N2O/c1-10-9-12(7-5-11-10)6-3-2-4-8-13/h10-11,13H,2-9H2,1H3/t10-/m0/s1. The summed E-state index contributed by atoms with van der Waals surface area (Å²) in [6.45, 7) is 7.27. The maximum Gasteiger partial charge on any atom is 0.0431 e. The lowest BCUT2D eigenvalue weighted by Gasteiger charge is -2.31. The summed E-state index contributed by atoms with van der Waals surface area (Å²) in [6, 6.07) is 0.645. The molecule has 78 valence electrons. The molecular weight excluding hydrogens is 164 g/mol. The summed E-state index contributed by atoms with van der Waals surface area (Å²) in [7, 11) is 0. The predicted molar refractivity (Wildman–Crippen MR) is 54.8 cm³/mol. The Morgan fingerprint density at radius 1 is 1.38 bits per heavy atom. The molecule has 0 amide bonds. The molecule has 0 aromatic heterocycles. The number of piperazine rings is 1. The maximum atomic E-state index is 8.62. The molecule has 0 aromatic rings. The Morgan fingerprint density at radius 3 is 2.92 bits per heavy atom. The van der Waals surface area contributed by atoms with Crippen LogP contribution in [0.1, 0.15) is 26.2 Å². The topological polar surface area (TPSA) is 35.5 Å². The van der Waals surface area contributed by atoms with E-state index in [-0.39, 0.29) is 0 Å². The van der Waals surface area contributed by atoms with Gasteiger partial charge in [-0.2, -0.15) is 0 Å². The Kier molecular flexibility index (Phi) is 5.35. The molecule has 1 rings (SSSR count). The number of nitrogens with one attached hydrogen (secondary N) is 1. The Balaban J connectivity index is 2.00. The lowest BCUT2D eigenvalue weighted by Crippen LogP contribution is -2.49. The molecule has 0 saturated carbocycles. The smallest absolute Gasteiger partial charge is 0.0431 e. The van der Waals surface area contributed by atoms with Crippen LogP contribution in [0.5, 0.6) is 0 Å². The van der Waals surface area contributed by atoms with Crippen molar-refractivity contribution < 1.29 is 5.11 Å². The third kappa shape index (κ3) is 4.60. The Morgan fingerprint density at radius 2 is 2.23 bits per heavy atom. The van der Waals surface area contributed by atoms with Gasteiger partial charge in [-0.3, -0.25) is 0 Å². The SMILES string of the molecule is C[C@H]1CN(CCCCCO)CCN1. The monoisotopic (exact) mass is 186 g/mol. The fourth-order valence-corrected chi connectivity index (χ4v) is 1.84. The first-order chi connectivity index (χ1) is 6.33. The highest BCUT2D eigenvalue weighted by molar-refractivity contribution is 4.74. The van der Waals surface area contributed by atoms with Crippen molar-refractivity contribution in [3.63, 3.8) is 0 Å². The fraction of sp³-hybridized carbons (Fsp3) is 1.00. The van der Waals surface area contributed by atoms with E-state index in [9.17, 15) is 0 Å². The molecule has 2 N–H and O–H groups in total. The predicted octanol–water partition coefficient (Wildman–Crippen LogP) is 0.443. The summed E-state index contributed by atoms with van der Waals surface area (Å²) in [5, 5.41) is 12.1. The van der Waals surface area contributed by atoms with Crippen molar-refractivity contribution in [2.45, 2.75) is 32.2 Å². The molecule has 0 spiro atoms. The first-order valence-electron chi connectivity index (χ1n) is 5.39. The number of rotatable bonds is 5. The van der Waals surface area contributed by atoms with Crippen LogP contribution in [0.3, 0.4) is 0 Å². The highest BCUT2D eigenvalue weighted by Gasteiger charge is 2.14. The average molecular weight is 186 g/mol. The van der Waals surface area contributed by atoms with Gasteiger partial charge in [-0.1, -0.05) is 0 Å². The summed E-state index contributed by atoms with van der Waals surface area (Å²) >= 11 is 0. The minimum absolute atomic E-state index is 0.345. The van der Waals surface area contributed by atoms with Gasteiger partial charge < -0.3 is 15.3 Å². The van der Waals surface area contributed by atoms with Gasteiger partial charge in [-0.25, -0.2) is 0 Å². The van der Waals surface area contributed by atoms with Crippen LogP contribution in [-0.2, 0) is 0 Å². The molecule has 1 aliphatic heterocycles. The van der Waals surface area contributed by atoms with Gasteiger partial charge in [0.05, 0.1) is 0 Å². The lowest BCUT2D eigenvalue weighted by atomic mass is 10.2. The maximum absolute atomic E-state index is 8.62. The molecule has 0 unspecified atom stereocenters. The minimum atomic E-state index is 0.345. The van der Waals surface area contributed by atoms with Gasteiger partial charge in [0.1, 0.15) is 0 Å². The summed E-state index contributed by atoms with van der Waals surface area (Å²) in [6.07, 6.45) is 3.35.